The number of amides is 1. The van der Waals surface area contributed by atoms with Crippen LogP contribution in [0.2, 0.25) is 0 Å². The van der Waals surface area contributed by atoms with Gasteiger partial charge in [0.25, 0.3) is 15.9 Å². The topological polar surface area (TPSA) is 79.6 Å². The molecule has 1 atom stereocenters. The van der Waals surface area contributed by atoms with Gasteiger partial charge in [-0.2, -0.15) is 0 Å². The van der Waals surface area contributed by atoms with Gasteiger partial charge in [-0.05, 0) is 43.0 Å². The standard InChI is InChI=1S/C29H24N2O4S/c1-16-10-12-25-21(14-16)22-15-23(17-6-3-4-7-18(17)28(22)35-25)30-36(33,34)26-13-11-24-27-19(26)8-5-9-20(27)29(32)31(24)2/h3-9,11,13,15-16,30H,10,12,14H2,1-2H3/t16-/m0/s1. The minimum atomic E-state index is -3.97. The van der Waals surface area contributed by atoms with Crippen LogP contribution in [0, 0.1) is 5.92 Å². The number of aryl methyl sites for hydroxylation is 1. The highest BCUT2D eigenvalue weighted by Crippen LogP contribution is 2.42. The second-order valence-corrected chi connectivity index (χ2v) is 11.6. The maximum absolute atomic E-state index is 13.8. The van der Waals surface area contributed by atoms with Crippen LogP contribution in [-0.4, -0.2) is 21.4 Å². The number of furan rings is 1. The summed E-state index contributed by atoms with van der Waals surface area (Å²) < 4.78 is 36.9. The fraction of sp³-hybridized carbons (Fsp3) is 0.207. The third kappa shape index (κ3) is 2.89. The van der Waals surface area contributed by atoms with Crippen LogP contribution in [0.25, 0.3) is 32.5 Å². The first-order chi connectivity index (χ1) is 17.3. The smallest absolute Gasteiger partial charge is 0.262 e. The molecule has 1 amide bonds. The number of carbonyl (C=O) groups excluding carboxylic acids is 1. The molecule has 7 rings (SSSR count). The van der Waals surface area contributed by atoms with Crippen LogP contribution in [0.5, 0.6) is 0 Å². The Morgan fingerprint density at radius 2 is 1.75 bits per heavy atom. The summed E-state index contributed by atoms with van der Waals surface area (Å²) in [5.41, 5.74) is 3.77. The lowest BCUT2D eigenvalue weighted by Crippen LogP contribution is -2.20. The summed E-state index contributed by atoms with van der Waals surface area (Å²) in [7, 11) is -2.26. The molecule has 1 N–H and O–H groups in total. The molecule has 1 aromatic heterocycles. The number of hydrogen-bond acceptors (Lipinski definition) is 4. The van der Waals surface area contributed by atoms with E-state index in [0.29, 0.717) is 27.9 Å². The molecule has 36 heavy (non-hydrogen) atoms. The molecule has 0 radical (unpaired) electrons. The van der Waals surface area contributed by atoms with Crippen molar-refractivity contribution in [3.63, 3.8) is 0 Å². The monoisotopic (exact) mass is 496 g/mol. The Hall–Kier alpha value is -3.84. The Labute approximate surface area is 208 Å². The fourth-order valence-electron chi connectivity index (χ4n) is 5.90. The number of nitrogens with zero attached hydrogens (tertiary/aromatic N) is 1. The lowest BCUT2D eigenvalue weighted by Gasteiger charge is -2.17. The molecule has 1 aliphatic heterocycles. The zero-order chi connectivity index (χ0) is 24.8. The first kappa shape index (κ1) is 21.4. The number of carbonyl (C=O) groups is 1. The highest BCUT2D eigenvalue weighted by molar-refractivity contribution is 7.93. The van der Waals surface area contributed by atoms with Crippen molar-refractivity contribution in [1.29, 1.82) is 0 Å². The number of hydrogen-bond donors (Lipinski definition) is 1. The van der Waals surface area contributed by atoms with E-state index < -0.39 is 10.0 Å². The maximum atomic E-state index is 13.8. The SMILES string of the molecule is C[C@H]1CCc2oc3c(cc(NS(=O)(=O)c4ccc5c6c(cccc46)C(=O)N5C)c4ccccc43)c2C1. The molecule has 0 spiro atoms. The van der Waals surface area contributed by atoms with Gasteiger partial charge in [0.1, 0.15) is 11.3 Å². The molecule has 1 aliphatic carbocycles. The van der Waals surface area contributed by atoms with E-state index >= 15 is 0 Å². The van der Waals surface area contributed by atoms with Gasteiger partial charge in [0, 0.05) is 51.5 Å². The summed E-state index contributed by atoms with van der Waals surface area (Å²) >= 11 is 0. The molecule has 0 unspecified atom stereocenters. The number of anilines is 2. The normalized spacial score (nSPS) is 17.3. The Bertz CT molecular complexity index is 1870. The van der Waals surface area contributed by atoms with E-state index in [2.05, 4.69) is 11.6 Å². The predicted molar refractivity (Wildman–Crippen MR) is 142 cm³/mol. The molecule has 4 aromatic carbocycles. The number of sulfonamides is 1. The minimum Gasteiger partial charge on any atom is -0.460 e. The van der Waals surface area contributed by atoms with Crippen molar-refractivity contribution < 1.29 is 17.6 Å². The molecule has 7 heteroatoms. The second kappa shape index (κ2) is 7.34. The van der Waals surface area contributed by atoms with Crippen LogP contribution >= 0.6 is 0 Å². The average molecular weight is 497 g/mol. The van der Waals surface area contributed by atoms with Crippen LogP contribution in [0.1, 0.15) is 35.0 Å². The van der Waals surface area contributed by atoms with Crippen molar-refractivity contribution in [3.8, 4) is 0 Å². The Morgan fingerprint density at radius 3 is 2.58 bits per heavy atom. The summed E-state index contributed by atoms with van der Waals surface area (Å²) in [6.07, 6.45) is 2.91. The Kier molecular flexibility index (Phi) is 4.37. The number of benzene rings is 4. The van der Waals surface area contributed by atoms with Crippen molar-refractivity contribution in [2.24, 2.45) is 5.92 Å². The van der Waals surface area contributed by atoms with Gasteiger partial charge in [0.2, 0.25) is 0 Å². The molecule has 2 heterocycles. The van der Waals surface area contributed by atoms with Gasteiger partial charge in [-0.25, -0.2) is 8.42 Å². The largest absolute Gasteiger partial charge is 0.460 e. The van der Waals surface area contributed by atoms with Gasteiger partial charge < -0.3 is 9.32 Å². The minimum absolute atomic E-state index is 0.131. The number of nitrogens with one attached hydrogen (secondary N) is 1. The third-order valence-corrected chi connectivity index (χ3v) is 9.13. The third-order valence-electron chi connectivity index (χ3n) is 7.71. The first-order valence-electron chi connectivity index (χ1n) is 12.2. The van der Waals surface area contributed by atoms with Crippen LogP contribution in [0.15, 0.2) is 70.0 Å². The van der Waals surface area contributed by atoms with Gasteiger partial charge in [-0.3, -0.25) is 9.52 Å². The lowest BCUT2D eigenvalue weighted by atomic mass is 9.87. The van der Waals surface area contributed by atoms with E-state index in [9.17, 15) is 13.2 Å². The Morgan fingerprint density at radius 1 is 0.972 bits per heavy atom. The van der Waals surface area contributed by atoms with E-state index in [0.717, 1.165) is 52.5 Å². The van der Waals surface area contributed by atoms with E-state index in [1.165, 1.54) is 5.56 Å². The van der Waals surface area contributed by atoms with Crippen molar-refractivity contribution >= 4 is 59.8 Å². The second-order valence-electron chi connectivity index (χ2n) is 9.98. The summed E-state index contributed by atoms with van der Waals surface area (Å²) in [6.45, 7) is 2.24. The van der Waals surface area contributed by atoms with Gasteiger partial charge >= 0.3 is 0 Å². The molecular weight excluding hydrogens is 472 g/mol. The maximum Gasteiger partial charge on any atom is 0.262 e. The van der Waals surface area contributed by atoms with E-state index in [1.807, 2.05) is 30.3 Å². The van der Waals surface area contributed by atoms with Crippen molar-refractivity contribution in [2.45, 2.75) is 31.1 Å². The zero-order valence-electron chi connectivity index (χ0n) is 20.0. The molecule has 180 valence electrons. The van der Waals surface area contributed by atoms with Crippen molar-refractivity contribution in [3.05, 3.63) is 77.6 Å². The average Bonchev–Trinajstić information content (AvgIpc) is 3.36. The highest BCUT2D eigenvalue weighted by Gasteiger charge is 2.31. The fourth-order valence-corrected chi connectivity index (χ4v) is 7.17. The molecule has 6 nitrogen and oxygen atoms in total. The van der Waals surface area contributed by atoms with Gasteiger partial charge in [-0.1, -0.05) is 43.3 Å². The Balaban J connectivity index is 1.43. The molecule has 2 aliphatic rings. The van der Waals surface area contributed by atoms with Gasteiger partial charge in [0.15, 0.2) is 0 Å². The molecule has 5 aromatic rings. The number of fused-ring (bicyclic) bond motifs is 5. The van der Waals surface area contributed by atoms with Crippen LogP contribution < -0.4 is 9.62 Å². The van der Waals surface area contributed by atoms with E-state index in [-0.39, 0.29) is 10.8 Å². The molecule has 0 fully saturated rings. The van der Waals surface area contributed by atoms with E-state index in [4.69, 9.17) is 4.42 Å². The highest BCUT2D eigenvalue weighted by atomic mass is 32.2. The van der Waals surface area contributed by atoms with Crippen molar-refractivity contribution in [2.75, 3.05) is 16.7 Å². The molecule has 0 bridgehead atoms. The lowest BCUT2D eigenvalue weighted by molar-refractivity contribution is 0.0999. The molecular formula is C29H24N2O4S. The summed E-state index contributed by atoms with van der Waals surface area (Å²) in [5.74, 6) is 1.43. The molecule has 0 saturated heterocycles. The predicted octanol–water partition coefficient (Wildman–Crippen LogP) is 6.25. The zero-order valence-corrected chi connectivity index (χ0v) is 20.8. The van der Waals surface area contributed by atoms with Crippen LogP contribution in [0.3, 0.4) is 0 Å². The molecule has 0 saturated carbocycles. The van der Waals surface area contributed by atoms with Crippen LogP contribution in [0.4, 0.5) is 11.4 Å². The quantitative estimate of drug-likeness (QED) is 0.320. The van der Waals surface area contributed by atoms with Crippen LogP contribution in [-0.2, 0) is 22.9 Å². The van der Waals surface area contributed by atoms with E-state index in [1.54, 1.807) is 42.3 Å². The number of rotatable bonds is 3. The summed E-state index contributed by atoms with van der Waals surface area (Å²) in [5, 5.41) is 3.86. The van der Waals surface area contributed by atoms with Gasteiger partial charge in [-0.15, -0.1) is 0 Å². The van der Waals surface area contributed by atoms with Gasteiger partial charge in [0.05, 0.1) is 16.3 Å². The summed E-state index contributed by atoms with van der Waals surface area (Å²) in [4.78, 5) is 14.4. The summed E-state index contributed by atoms with van der Waals surface area (Å²) in [6, 6.07) is 18.2. The first-order valence-corrected chi connectivity index (χ1v) is 13.6. The van der Waals surface area contributed by atoms with Crippen molar-refractivity contribution in [1.82, 2.24) is 0 Å².